The number of rotatable bonds is 11. The van der Waals surface area contributed by atoms with Crippen molar-refractivity contribution in [3.63, 3.8) is 0 Å². The van der Waals surface area contributed by atoms with Crippen LogP contribution in [0.4, 0.5) is 5.69 Å². The summed E-state index contributed by atoms with van der Waals surface area (Å²) in [6, 6.07) is 9.98. The molecular weight excluding hydrogens is 412 g/mol. The largest absolute Gasteiger partial charge is 0.497 e. The van der Waals surface area contributed by atoms with E-state index < -0.39 is 10.0 Å². The molecule has 2 aromatic rings. The Kier molecular flexibility index (Phi) is 8.48. The fourth-order valence-corrected chi connectivity index (χ4v) is 4.53. The summed E-state index contributed by atoms with van der Waals surface area (Å²) in [5.74, 6) is 1.25. The highest BCUT2D eigenvalue weighted by Crippen LogP contribution is 2.34. The second-order valence-corrected chi connectivity index (χ2v) is 8.80. The molecule has 0 radical (unpaired) electrons. The average molecular weight is 441 g/mol. The van der Waals surface area contributed by atoms with Crippen molar-refractivity contribution in [2.75, 3.05) is 38.6 Å². The van der Waals surface area contributed by atoms with E-state index >= 15 is 0 Å². The van der Waals surface area contributed by atoms with Gasteiger partial charge in [0.1, 0.15) is 17.2 Å². The minimum Gasteiger partial charge on any atom is -0.497 e. The van der Waals surface area contributed by atoms with Crippen molar-refractivity contribution in [2.24, 2.45) is 0 Å². The Morgan fingerprint density at radius 1 is 0.966 bits per heavy atom. The zero-order valence-electron chi connectivity index (χ0n) is 17.4. The van der Waals surface area contributed by atoms with E-state index in [0.717, 1.165) is 18.0 Å². The van der Waals surface area contributed by atoms with Gasteiger partial charge in [-0.05, 0) is 37.1 Å². The summed E-state index contributed by atoms with van der Waals surface area (Å²) in [5, 5.41) is 0. The van der Waals surface area contributed by atoms with Crippen molar-refractivity contribution in [2.45, 2.75) is 30.6 Å². The van der Waals surface area contributed by atoms with Gasteiger partial charge in [-0.2, -0.15) is 0 Å². The number of anilines is 1. The smallest absolute Gasteiger partial charge is 0.262 e. The Bertz CT molecular complexity index is 893. The molecule has 0 spiro atoms. The molecule has 2 aromatic carbocycles. The van der Waals surface area contributed by atoms with Crippen LogP contribution in [0, 0.1) is 0 Å². The van der Waals surface area contributed by atoms with Gasteiger partial charge in [-0.15, -0.1) is 0 Å². The standard InChI is InChI=1S/C20H28N2O5S2/c1-6-22(7-2)28-17-9-10-20(27-8-3)19(14-17)21-29(23,24)18-12-15(25-4)11-16(13-18)26-5/h9-14,21H,6-8H2,1-5H3. The van der Waals surface area contributed by atoms with Crippen LogP contribution in [0.5, 0.6) is 17.2 Å². The van der Waals surface area contributed by atoms with Gasteiger partial charge in [0.05, 0.1) is 31.4 Å². The van der Waals surface area contributed by atoms with Crippen LogP contribution in [-0.4, -0.2) is 46.6 Å². The van der Waals surface area contributed by atoms with Crippen LogP contribution in [0.2, 0.25) is 0 Å². The van der Waals surface area contributed by atoms with Gasteiger partial charge in [0.25, 0.3) is 10.0 Å². The van der Waals surface area contributed by atoms with Crippen molar-refractivity contribution < 1.29 is 22.6 Å². The molecule has 7 nitrogen and oxygen atoms in total. The van der Waals surface area contributed by atoms with Crippen LogP contribution in [0.1, 0.15) is 20.8 Å². The molecule has 160 valence electrons. The molecular formula is C20H28N2O5S2. The number of nitrogens with one attached hydrogen (secondary N) is 1. The average Bonchev–Trinajstić information content (AvgIpc) is 2.73. The lowest BCUT2D eigenvalue weighted by molar-refractivity contribution is 0.342. The van der Waals surface area contributed by atoms with Crippen molar-refractivity contribution in [3.8, 4) is 17.2 Å². The summed E-state index contributed by atoms with van der Waals surface area (Å²) in [7, 11) is -0.945. The molecule has 0 heterocycles. The number of nitrogens with zero attached hydrogens (tertiary/aromatic N) is 1. The molecule has 2 rings (SSSR count). The highest BCUT2D eigenvalue weighted by molar-refractivity contribution is 7.97. The highest BCUT2D eigenvalue weighted by Gasteiger charge is 2.20. The Morgan fingerprint density at radius 3 is 2.10 bits per heavy atom. The van der Waals surface area contributed by atoms with Gasteiger partial charge >= 0.3 is 0 Å². The van der Waals surface area contributed by atoms with Gasteiger partial charge < -0.3 is 14.2 Å². The first-order chi connectivity index (χ1) is 13.9. The van der Waals surface area contributed by atoms with E-state index in [1.165, 1.54) is 26.4 Å². The molecule has 29 heavy (non-hydrogen) atoms. The van der Waals surface area contributed by atoms with Crippen LogP contribution in [-0.2, 0) is 10.0 Å². The second kappa shape index (κ2) is 10.6. The van der Waals surface area contributed by atoms with E-state index in [2.05, 4.69) is 22.9 Å². The lowest BCUT2D eigenvalue weighted by Crippen LogP contribution is -2.15. The number of hydrogen-bond acceptors (Lipinski definition) is 7. The topological polar surface area (TPSA) is 77.1 Å². The van der Waals surface area contributed by atoms with E-state index in [-0.39, 0.29) is 4.90 Å². The lowest BCUT2D eigenvalue weighted by atomic mass is 10.3. The van der Waals surface area contributed by atoms with Gasteiger partial charge in [0.2, 0.25) is 0 Å². The van der Waals surface area contributed by atoms with Crippen LogP contribution >= 0.6 is 11.9 Å². The van der Waals surface area contributed by atoms with E-state index in [0.29, 0.717) is 29.5 Å². The molecule has 0 atom stereocenters. The first-order valence-electron chi connectivity index (χ1n) is 9.32. The van der Waals surface area contributed by atoms with E-state index in [9.17, 15) is 8.42 Å². The number of hydrogen-bond donors (Lipinski definition) is 1. The Morgan fingerprint density at radius 2 is 1.59 bits per heavy atom. The van der Waals surface area contributed by atoms with Crippen LogP contribution in [0.15, 0.2) is 46.2 Å². The third-order valence-electron chi connectivity index (χ3n) is 4.07. The maximum Gasteiger partial charge on any atom is 0.262 e. The zero-order valence-corrected chi connectivity index (χ0v) is 19.0. The molecule has 0 bridgehead atoms. The molecule has 1 N–H and O–H groups in total. The number of benzene rings is 2. The molecule has 0 aliphatic carbocycles. The zero-order chi connectivity index (χ0) is 21.4. The molecule has 0 saturated heterocycles. The quantitative estimate of drug-likeness (QED) is 0.523. The molecule has 0 unspecified atom stereocenters. The van der Waals surface area contributed by atoms with Crippen LogP contribution in [0.3, 0.4) is 0 Å². The van der Waals surface area contributed by atoms with Gasteiger partial charge in [-0.25, -0.2) is 12.7 Å². The van der Waals surface area contributed by atoms with E-state index in [4.69, 9.17) is 14.2 Å². The molecule has 0 aliphatic rings. The molecule has 0 saturated carbocycles. The molecule has 0 amide bonds. The minimum atomic E-state index is -3.89. The maximum absolute atomic E-state index is 13.0. The SMILES string of the molecule is CCOc1ccc(SN(CC)CC)cc1NS(=O)(=O)c1cc(OC)cc(OC)c1. The summed E-state index contributed by atoms with van der Waals surface area (Å²) in [5.41, 5.74) is 0.380. The Balaban J connectivity index is 2.41. The summed E-state index contributed by atoms with van der Waals surface area (Å²) in [6.45, 7) is 8.17. The normalized spacial score (nSPS) is 11.4. The molecule has 0 aromatic heterocycles. The number of methoxy groups -OCH3 is 2. The van der Waals surface area contributed by atoms with E-state index in [1.54, 1.807) is 30.1 Å². The third-order valence-corrected chi connectivity index (χ3v) is 6.65. The molecule has 0 aliphatic heterocycles. The van der Waals surface area contributed by atoms with Crippen LogP contribution < -0.4 is 18.9 Å². The highest BCUT2D eigenvalue weighted by atomic mass is 32.2. The number of sulfonamides is 1. The van der Waals surface area contributed by atoms with Crippen LogP contribution in [0.25, 0.3) is 0 Å². The first-order valence-corrected chi connectivity index (χ1v) is 11.6. The summed E-state index contributed by atoms with van der Waals surface area (Å²) in [4.78, 5) is 0.955. The number of ether oxygens (including phenoxy) is 3. The summed E-state index contributed by atoms with van der Waals surface area (Å²) in [6.07, 6.45) is 0. The predicted octanol–water partition coefficient (Wildman–Crippen LogP) is 4.25. The molecule has 9 heteroatoms. The first kappa shape index (κ1) is 23.2. The summed E-state index contributed by atoms with van der Waals surface area (Å²) < 4.78 is 46.9. The van der Waals surface area contributed by atoms with Crippen molar-refractivity contribution in [1.82, 2.24) is 4.31 Å². The molecule has 0 fully saturated rings. The predicted molar refractivity (Wildman–Crippen MR) is 117 cm³/mol. The summed E-state index contributed by atoms with van der Waals surface area (Å²) >= 11 is 1.57. The van der Waals surface area contributed by atoms with Gasteiger partial charge in [-0.1, -0.05) is 13.8 Å². The third kappa shape index (κ3) is 6.19. The van der Waals surface area contributed by atoms with Gasteiger partial charge in [0.15, 0.2) is 0 Å². The Hall–Kier alpha value is -2.10. The monoisotopic (exact) mass is 440 g/mol. The fraction of sp³-hybridized carbons (Fsp3) is 0.400. The minimum absolute atomic E-state index is 0.0398. The second-order valence-electron chi connectivity index (χ2n) is 5.95. The lowest BCUT2D eigenvalue weighted by Gasteiger charge is -2.19. The van der Waals surface area contributed by atoms with Gasteiger partial charge in [0, 0.05) is 36.2 Å². The van der Waals surface area contributed by atoms with Crippen molar-refractivity contribution in [3.05, 3.63) is 36.4 Å². The fourth-order valence-electron chi connectivity index (χ4n) is 2.57. The van der Waals surface area contributed by atoms with Crippen molar-refractivity contribution >= 4 is 27.7 Å². The Labute approximate surface area is 177 Å². The maximum atomic E-state index is 13.0. The van der Waals surface area contributed by atoms with Crippen molar-refractivity contribution in [1.29, 1.82) is 0 Å². The van der Waals surface area contributed by atoms with E-state index in [1.807, 2.05) is 13.0 Å². The van der Waals surface area contributed by atoms with Gasteiger partial charge in [-0.3, -0.25) is 4.72 Å².